The minimum atomic E-state index is 0.245. The molecule has 0 bridgehead atoms. The molecular formula is C17H24N2O2. The van der Waals surface area contributed by atoms with Crippen molar-refractivity contribution in [2.75, 3.05) is 32.8 Å². The molecule has 1 aliphatic heterocycles. The van der Waals surface area contributed by atoms with Crippen molar-refractivity contribution in [3.05, 3.63) is 35.4 Å². The first-order valence-electron chi connectivity index (χ1n) is 8.01. The Labute approximate surface area is 126 Å². The molecule has 1 saturated heterocycles. The summed E-state index contributed by atoms with van der Waals surface area (Å²) in [7, 11) is 0. The number of carbonyl (C=O) groups is 1. The average Bonchev–Trinajstić information content (AvgIpc) is 2.56. The Morgan fingerprint density at radius 3 is 2.95 bits per heavy atom. The number of nitrogens with zero attached hydrogens (tertiary/aromatic N) is 1. The molecule has 1 aromatic carbocycles. The molecule has 4 heteroatoms. The standard InChI is InChI=1S/C17H24N2O2/c20-17(19-10-12-21-13-11-19)8-9-18-16-7-3-5-14-4-1-2-6-15(14)16/h1-2,4,6,16,18H,3,5,7-13H2. The summed E-state index contributed by atoms with van der Waals surface area (Å²) in [6.07, 6.45) is 4.16. The molecule has 1 fully saturated rings. The number of amides is 1. The summed E-state index contributed by atoms with van der Waals surface area (Å²) in [4.78, 5) is 14.0. The number of fused-ring (bicyclic) bond motifs is 1. The largest absolute Gasteiger partial charge is 0.378 e. The predicted octanol–water partition coefficient (Wildman–Crippen LogP) is 1.90. The molecule has 0 spiro atoms. The van der Waals surface area contributed by atoms with E-state index in [-0.39, 0.29) is 5.91 Å². The van der Waals surface area contributed by atoms with E-state index in [9.17, 15) is 4.79 Å². The van der Waals surface area contributed by atoms with Crippen molar-refractivity contribution >= 4 is 5.91 Å². The van der Waals surface area contributed by atoms with Gasteiger partial charge in [0, 0.05) is 32.1 Å². The van der Waals surface area contributed by atoms with Gasteiger partial charge in [-0.2, -0.15) is 0 Å². The van der Waals surface area contributed by atoms with Crippen molar-refractivity contribution in [1.82, 2.24) is 10.2 Å². The van der Waals surface area contributed by atoms with Crippen LogP contribution >= 0.6 is 0 Å². The lowest BCUT2D eigenvalue weighted by Gasteiger charge is -2.28. The highest BCUT2D eigenvalue weighted by atomic mass is 16.5. The number of aryl methyl sites for hydroxylation is 1. The first-order chi connectivity index (χ1) is 10.3. The van der Waals surface area contributed by atoms with Gasteiger partial charge in [-0.15, -0.1) is 0 Å². The van der Waals surface area contributed by atoms with Crippen LogP contribution in [0.1, 0.15) is 36.4 Å². The van der Waals surface area contributed by atoms with Crippen molar-refractivity contribution in [1.29, 1.82) is 0 Å². The molecule has 0 aromatic heterocycles. The van der Waals surface area contributed by atoms with Crippen LogP contribution in [-0.2, 0) is 16.0 Å². The van der Waals surface area contributed by atoms with E-state index < -0.39 is 0 Å². The first kappa shape index (κ1) is 14.5. The first-order valence-corrected chi connectivity index (χ1v) is 8.01. The number of benzene rings is 1. The van der Waals surface area contributed by atoms with Gasteiger partial charge in [-0.05, 0) is 30.4 Å². The summed E-state index contributed by atoms with van der Waals surface area (Å²) in [5.41, 5.74) is 2.88. The van der Waals surface area contributed by atoms with Crippen LogP contribution in [0.2, 0.25) is 0 Å². The molecule has 2 aliphatic rings. The van der Waals surface area contributed by atoms with Crippen LogP contribution in [0.25, 0.3) is 0 Å². The summed E-state index contributed by atoms with van der Waals surface area (Å²) in [6.45, 7) is 3.59. The summed E-state index contributed by atoms with van der Waals surface area (Å²) in [6, 6.07) is 9.08. The molecule has 1 unspecified atom stereocenters. The maximum atomic E-state index is 12.1. The quantitative estimate of drug-likeness (QED) is 0.920. The second-order valence-corrected chi connectivity index (χ2v) is 5.84. The topological polar surface area (TPSA) is 41.6 Å². The molecule has 21 heavy (non-hydrogen) atoms. The van der Waals surface area contributed by atoms with Crippen LogP contribution in [0, 0.1) is 0 Å². The van der Waals surface area contributed by atoms with Gasteiger partial charge in [-0.1, -0.05) is 24.3 Å². The summed E-state index contributed by atoms with van der Waals surface area (Å²) in [5, 5.41) is 3.57. The maximum Gasteiger partial charge on any atom is 0.224 e. The highest BCUT2D eigenvalue weighted by Crippen LogP contribution is 2.29. The Balaban J connectivity index is 1.48. The zero-order chi connectivity index (χ0) is 14.5. The molecule has 1 amide bonds. The third-order valence-electron chi connectivity index (χ3n) is 4.46. The third kappa shape index (κ3) is 3.63. The van der Waals surface area contributed by atoms with Gasteiger partial charge in [0.05, 0.1) is 13.2 Å². The molecule has 114 valence electrons. The van der Waals surface area contributed by atoms with Gasteiger partial charge >= 0.3 is 0 Å². The molecular weight excluding hydrogens is 264 g/mol. The number of hydrogen-bond acceptors (Lipinski definition) is 3. The Bertz CT molecular complexity index is 483. The minimum Gasteiger partial charge on any atom is -0.378 e. The minimum absolute atomic E-state index is 0.245. The van der Waals surface area contributed by atoms with Crippen LogP contribution in [0.3, 0.4) is 0 Å². The lowest BCUT2D eigenvalue weighted by molar-refractivity contribution is -0.135. The van der Waals surface area contributed by atoms with E-state index in [1.54, 1.807) is 0 Å². The molecule has 3 rings (SSSR count). The van der Waals surface area contributed by atoms with Crippen molar-refractivity contribution in [2.45, 2.75) is 31.7 Å². The zero-order valence-corrected chi connectivity index (χ0v) is 12.5. The van der Waals surface area contributed by atoms with E-state index in [1.807, 2.05) is 4.90 Å². The van der Waals surface area contributed by atoms with E-state index in [1.165, 1.54) is 30.4 Å². The van der Waals surface area contributed by atoms with Gasteiger partial charge in [-0.3, -0.25) is 4.79 Å². The van der Waals surface area contributed by atoms with E-state index in [2.05, 4.69) is 29.6 Å². The number of carbonyl (C=O) groups excluding carboxylic acids is 1. The maximum absolute atomic E-state index is 12.1. The average molecular weight is 288 g/mol. The van der Waals surface area contributed by atoms with Crippen LogP contribution in [0.15, 0.2) is 24.3 Å². The molecule has 0 radical (unpaired) electrons. The molecule has 1 aromatic rings. The highest BCUT2D eigenvalue weighted by molar-refractivity contribution is 5.76. The molecule has 1 aliphatic carbocycles. The molecule has 1 atom stereocenters. The van der Waals surface area contributed by atoms with E-state index >= 15 is 0 Å². The molecule has 1 heterocycles. The van der Waals surface area contributed by atoms with Gasteiger partial charge in [-0.25, -0.2) is 0 Å². The number of ether oxygens (including phenoxy) is 1. The fourth-order valence-corrected chi connectivity index (χ4v) is 3.29. The van der Waals surface area contributed by atoms with Crippen molar-refractivity contribution in [2.24, 2.45) is 0 Å². The Hall–Kier alpha value is -1.39. The number of hydrogen-bond donors (Lipinski definition) is 1. The lowest BCUT2D eigenvalue weighted by Crippen LogP contribution is -2.41. The summed E-state index contributed by atoms with van der Waals surface area (Å²) < 4.78 is 5.28. The van der Waals surface area contributed by atoms with Crippen LogP contribution in [0.5, 0.6) is 0 Å². The molecule has 4 nitrogen and oxygen atoms in total. The monoisotopic (exact) mass is 288 g/mol. The molecule has 0 saturated carbocycles. The zero-order valence-electron chi connectivity index (χ0n) is 12.5. The van der Waals surface area contributed by atoms with E-state index in [0.29, 0.717) is 25.7 Å². The molecule has 1 N–H and O–H groups in total. The van der Waals surface area contributed by atoms with E-state index in [0.717, 1.165) is 19.6 Å². The SMILES string of the molecule is O=C(CCNC1CCCc2ccccc21)N1CCOCC1. The Morgan fingerprint density at radius 1 is 1.29 bits per heavy atom. The van der Waals surface area contributed by atoms with Crippen molar-refractivity contribution in [3.8, 4) is 0 Å². The fourth-order valence-electron chi connectivity index (χ4n) is 3.29. The lowest BCUT2D eigenvalue weighted by atomic mass is 9.88. The van der Waals surface area contributed by atoms with E-state index in [4.69, 9.17) is 4.74 Å². The number of morpholine rings is 1. The number of nitrogens with one attached hydrogen (secondary N) is 1. The third-order valence-corrected chi connectivity index (χ3v) is 4.46. The second-order valence-electron chi connectivity index (χ2n) is 5.84. The summed E-state index contributed by atoms with van der Waals surface area (Å²) in [5.74, 6) is 0.245. The van der Waals surface area contributed by atoms with Gasteiger partial charge in [0.1, 0.15) is 0 Å². The fraction of sp³-hybridized carbons (Fsp3) is 0.588. The van der Waals surface area contributed by atoms with Crippen LogP contribution in [0.4, 0.5) is 0 Å². The van der Waals surface area contributed by atoms with Gasteiger partial charge in [0.2, 0.25) is 5.91 Å². The van der Waals surface area contributed by atoms with Crippen molar-refractivity contribution < 1.29 is 9.53 Å². The van der Waals surface area contributed by atoms with Gasteiger partial charge in [0.25, 0.3) is 0 Å². The van der Waals surface area contributed by atoms with Gasteiger partial charge < -0.3 is 15.0 Å². The normalized spacial score (nSPS) is 21.9. The number of rotatable bonds is 4. The highest BCUT2D eigenvalue weighted by Gasteiger charge is 2.20. The van der Waals surface area contributed by atoms with Gasteiger partial charge in [0.15, 0.2) is 0 Å². The smallest absolute Gasteiger partial charge is 0.224 e. The Morgan fingerprint density at radius 2 is 2.10 bits per heavy atom. The summed E-state index contributed by atoms with van der Waals surface area (Å²) >= 11 is 0. The van der Waals surface area contributed by atoms with Crippen LogP contribution in [-0.4, -0.2) is 43.7 Å². The van der Waals surface area contributed by atoms with Crippen LogP contribution < -0.4 is 5.32 Å². The predicted molar refractivity (Wildman–Crippen MR) is 82.1 cm³/mol. The Kier molecular flexibility index (Phi) is 4.88. The van der Waals surface area contributed by atoms with Crippen molar-refractivity contribution in [3.63, 3.8) is 0 Å². The second kappa shape index (κ2) is 7.05.